The van der Waals surface area contributed by atoms with Crippen LogP contribution < -0.4 is 14.2 Å². The molecule has 0 aromatic heterocycles. The third-order valence-electron chi connectivity index (χ3n) is 8.79. The zero-order valence-corrected chi connectivity index (χ0v) is 29.8. The Kier molecular flexibility index (Phi) is 25.6. The highest BCUT2D eigenvalue weighted by molar-refractivity contribution is 5.72. The number of rotatable bonds is 31. The van der Waals surface area contributed by atoms with Crippen LogP contribution in [0.5, 0.6) is 23.0 Å². The summed E-state index contributed by atoms with van der Waals surface area (Å²) in [6.45, 7) is 9.85. The molecule has 45 heavy (non-hydrogen) atoms. The Bertz CT molecular complexity index is 868. The van der Waals surface area contributed by atoms with Crippen molar-refractivity contribution in [1.82, 2.24) is 0 Å². The van der Waals surface area contributed by atoms with Crippen LogP contribution in [0.3, 0.4) is 0 Å². The first-order valence-corrected chi connectivity index (χ1v) is 19.1. The molecule has 0 saturated carbocycles. The van der Waals surface area contributed by atoms with Crippen LogP contribution in [-0.4, -0.2) is 29.6 Å². The van der Waals surface area contributed by atoms with Crippen LogP contribution in [0.2, 0.25) is 0 Å². The summed E-state index contributed by atoms with van der Waals surface area (Å²) in [6.07, 6.45) is 27.7. The van der Waals surface area contributed by atoms with Gasteiger partial charge in [0.1, 0.15) is 0 Å². The SMILES string of the molecule is CCCCCCCCCCOc1c(CCCCCC)c(CCCCCC)c(O)c(OC(=O)O)c1OCCCCCCCCCC. The molecule has 1 aromatic rings. The second-order valence-corrected chi connectivity index (χ2v) is 12.9. The van der Waals surface area contributed by atoms with E-state index in [1.54, 1.807) is 0 Å². The van der Waals surface area contributed by atoms with Gasteiger partial charge in [0.2, 0.25) is 11.5 Å². The Morgan fingerprint density at radius 3 is 1.24 bits per heavy atom. The molecule has 0 heterocycles. The van der Waals surface area contributed by atoms with Crippen LogP contribution in [-0.2, 0) is 12.8 Å². The third kappa shape index (κ3) is 18.6. The molecule has 0 saturated heterocycles. The maximum Gasteiger partial charge on any atom is 0.511 e. The molecule has 6 heteroatoms. The molecule has 0 atom stereocenters. The summed E-state index contributed by atoms with van der Waals surface area (Å²) < 4.78 is 18.1. The second-order valence-electron chi connectivity index (χ2n) is 12.9. The van der Waals surface area contributed by atoms with Crippen molar-refractivity contribution in [3.63, 3.8) is 0 Å². The number of phenolic OH excluding ortho intramolecular Hbond substituents is 1. The van der Waals surface area contributed by atoms with E-state index in [1.807, 2.05) is 0 Å². The first kappa shape index (κ1) is 40.9. The highest BCUT2D eigenvalue weighted by Gasteiger charge is 2.29. The van der Waals surface area contributed by atoms with Crippen LogP contribution in [0, 0.1) is 0 Å². The third-order valence-corrected chi connectivity index (χ3v) is 8.79. The number of carboxylic acid groups (broad SMARTS) is 1. The average Bonchev–Trinajstić information content (AvgIpc) is 3.02. The number of ether oxygens (including phenoxy) is 3. The van der Waals surface area contributed by atoms with Crippen molar-refractivity contribution in [2.24, 2.45) is 0 Å². The molecule has 1 rings (SSSR count). The van der Waals surface area contributed by atoms with Gasteiger partial charge < -0.3 is 24.4 Å². The van der Waals surface area contributed by atoms with E-state index in [2.05, 4.69) is 27.7 Å². The van der Waals surface area contributed by atoms with E-state index in [0.717, 1.165) is 101 Å². The fourth-order valence-corrected chi connectivity index (χ4v) is 6.04. The highest BCUT2D eigenvalue weighted by Crippen LogP contribution is 2.51. The minimum absolute atomic E-state index is 0.0928. The maximum absolute atomic E-state index is 11.8. The van der Waals surface area contributed by atoms with Gasteiger partial charge in [-0.25, -0.2) is 4.79 Å². The first-order chi connectivity index (χ1) is 22.0. The van der Waals surface area contributed by atoms with Gasteiger partial charge in [0.25, 0.3) is 0 Å². The predicted molar refractivity (Wildman–Crippen MR) is 189 cm³/mol. The molecule has 1 aromatic carbocycles. The minimum atomic E-state index is -1.45. The number of unbranched alkanes of at least 4 members (excludes halogenated alkanes) is 20. The van der Waals surface area contributed by atoms with Crippen LogP contribution in [0.15, 0.2) is 0 Å². The lowest BCUT2D eigenvalue weighted by atomic mass is 9.93. The predicted octanol–water partition coefficient (Wildman–Crippen LogP) is 12.7. The number of aromatic hydroxyl groups is 1. The van der Waals surface area contributed by atoms with Crippen LogP contribution in [0.1, 0.15) is 193 Å². The lowest BCUT2D eigenvalue weighted by Crippen LogP contribution is -2.12. The molecule has 6 nitrogen and oxygen atoms in total. The fraction of sp³-hybridized carbons (Fsp3) is 0.821. The van der Waals surface area contributed by atoms with E-state index in [9.17, 15) is 15.0 Å². The van der Waals surface area contributed by atoms with Gasteiger partial charge in [-0.05, 0) is 38.5 Å². The molecule has 0 unspecified atom stereocenters. The minimum Gasteiger partial charge on any atom is -0.504 e. The quantitative estimate of drug-likeness (QED) is 0.0480. The number of benzene rings is 1. The molecule has 0 bridgehead atoms. The summed E-state index contributed by atoms with van der Waals surface area (Å²) in [4.78, 5) is 11.8. The molecule has 0 spiro atoms. The molecule has 0 aliphatic carbocycles. The van der Waals surface area contributed by atoms with E-state index < -0.39 is 6.16 Å². The second kappa shape index (κ2) is 28.1. The average molecular weight is 635 g/mol. The van der Waals surface area contributed by atoms with Gasteiger partial charge >= 0.3 is 6.16 Å². The van der Waals surface area contributed by atoms with Gasteiger partial charge in [-0.3, -0.25) is 0 Å². The standard InChI is InChI=1S/C39H70O6/c1-5-9-13-17-19-21-23-27-31-43-36-34(30-26-16-12-8-4)33(29-25-15-11-7-3)35(40)37(45-39(41)42)38(36)44-32-28-24-22-20-18-14-10-6-2/h40H,5-32H2,1-4H3,(H,41,42). The van der Waals surface area contributed by atoms with Gasteiger partial charge in [0, 0.05) is 11.1 Å². The summed E-state index contributed by atoms with van der Waals surface area (Å²) in [5.41, 5.74) is 1.74. The molecule has 2 N–H and O–H groups in total. The van der Waals surface area contributed by atoms with Crippen molar-refractivity contribution >= 4 is 6.16 Å². The lowest BCUT2D eigenvalue weighted by molar-refractivity contribution is 0.139. The largest absolute Gasteiger partial charge is 0.511 e. The van der Waals surface area contributed by atoms with E-state index in [0.29, 0.717) is 25.4 Å². The summed E-state index contributed by atoms with van der Waals surface area (Å²) in [7, 11) is 0. The molecule has 0 aliphatic rings. The Morgan fingerprint density at radius 2 is 0.822 bits per heavy atom. The van der Waals surface area contributed by atoms with Crippen molar-refractivity contribution < 1.29 is 29.2 Å². The number of hydrogen-bond donors (Lipinski definition) is 2. The summed E-state index contributed by atoms with van der Waals surface area (Å²) in [5, 5.41) is 21.2. The molecule has 0 aliphatic heterocycles. The van der Waals surface area contributed by atoms with E-state index >= 15 is 0 Å². The highest BCUT2D eigenvalue weighted by atomic mass is 16.7. The van der Waals surface area contributed by atoms with Gasteiger partial charge in [-0.15, -0.1) is 0 Å². The van der Waals surface area contributed by atoms with Crippen LogP contribution in [0.4, 0.5) is 4.79 Å². The zero-order chi connectivity index (χ0) is 33.0. The number of hydrogen-bond acceptors (Lipinski definition) is 5. The van der Waals surface area contributed by atoms with Crippen molar-refractivity contribution in [2.75, 3.05) is 13.2 Å². The van der Waals surface area contributed by atoms with E-state index in [-0.39, 0.29) is 17.2 Å². The molecule has 0 amide bonds. The van der Waals surface area contributed by atoms with E-state index in [1.165, 1.54) is 70.6 Å². The summed E-state index contributed by atoms with van der Waals surface area (Å²) >= 11 is 0. The van der Waals surface area contributed by atoms with Gasteiger partial charge in [0.05, 0.1) is 13.2 Å². The Labute approximate surface area is 277 Å². The molecule has 0 fully saturated rings. The summed E-state index contributed by atoms with van der Waals surface area (Å²) in [6, 6.07) is 0. The fourth-order valence-electron chi connectivity index (χ4n) is 6.04. The lowest BCUT2D eigenvalue weighted by Gasteiger charge is -2.23. The Morgan fingerprint density at radius 1 is 0.467 bits per heavy atom. The van der Waals surface area contributed by atoms with Crippen molar-refractivity contribution in [1.29, 1.82) is 0 Å². The molecule has 0 radical (unpaired) electrons. The van der Waals surface area contributed by atoms with E-state index in [4.69, 9.17) is 14.2 Å². The topological polar surface area (TPSA) is 85.2 Å². The van der Waals surface area contributed by atoms with Crippen molar-refractivity contribution in [3.8, 4) is 23.0 Å². The van der Waals surface area contributed by atoms with Crippen LogP contribution >= 0.6 is 0 Å². The number of phenols is 1. The molecular formula is C39H70O6. The van der Waals surface area contributed by atoms with Gasteiger partial charge in [0.15, 0.2) is 11.5 Å². The molecule has 262 valence electrons. The molecular weight excluding hydrogens is 564 g/mol. The van der Waals surface area contributed by atoms with Crippen molar-refractivity contribution in [2.45, 2.75) is 195 Å². The number of carbonyl (C=O) groups is 1. The Balaban J connectivity index is 3.23. The smallest absolute Gasteiger partial charge is 0.504 e. The first-order valence-electron chi connectivity index (χ1n) is 19.1. The zero-order valence-electron chi connectivity index (χ0n) is 29.8. The summed E-state index contributed by atoms with van der Waals surface area (Å²) in [5.74, 6) is 0.661. The van der Waals surface area contributed by atoms with Gasteiger partial charge in [-0.2, -0.15) is 0 Å². The van der Waals surface area contributed by atoms with Crippen LogP contribution in [0.25, 0.3) is 0 Å². The van der Waals surface area contributed by atoms with Crippen molar-refractivity contribution in [3.05, 3.63) is 11.1 Å². The maximum atomic E-state index is 11.8. The Hall–Kier alpha value is -2.11. The normalized spacial score (nSPS) is 11.2. The monoisotopic (exact) mass is 635 g/mol. The van der Waals surface area contributed by atoms with Gasteiger partial charge in [-0.1, -0.05) is 156 Å².